The number of anilines is 1. The number of aromatic nitrogens is 1. The molecule has 0 aliphatic heterocycles. The second kappa shape index (κ2) is 5.44. The number of nitrogens with zero attached hydrogens (tertiary/aromatic N) is 1. The Morgan fingerprint density at radius 2 is 2.00 bits per heavy atom. The van der Waals surface area contributed by atoms with E-state index in [1.54, 1.807) is 6.07 Å². The van der Waals surface area contributed by atoms with Gasteiger partial charge in [0.2, 0.25) is 0 Å². The Bertz CT molecular complexity index is 567. The summed E-state index contributed by atoms with van der Waals surface area (Å²) in [4.78, 5) is 3.98. The lowest BCUT2D eigenvalue weighted by Crippen LogP contribution is -2.09. The zero-order valence-electron chi connectivity index (χ0n) is 10.2. The van der Waals surface area contributed by atoms with Crippen LogP contribution in [0.1, 0.15) is 12.0 Å². The van der Waals surface area contributed by atoms with Gasteiger partial charge in [-0.25, -0.2) is 0 Å². The van der Waals surface area contributed by atoms with Crippen LogP contribution in [0.5, 0.6) is 0 Å². The van der Waals surface area contributed by atoms with Crippen LogP contribution >= 0.6 is 0 Å². The number of halogens is 3. The molecule has 1 heterocycles. The first-order chi connectivity index (χ1) is 9.02. The fourth-order valence-electron chi connectivity index (χ4n) is 1.80. The molecule has 102 valence electrons. The van der Waals surface area contributed by atoms with Gasteiger partial charge in [-0.15, -0.1) is 0 Å². The van der Waals surface area contributed by atoms with E-state index in [4.69, 9.17) is 5.73 Å². The van der Waals surface area contributed by atoms with Gasteiger partial charge in [-0.05, 0) is 31.2 Å². The van der Waals surface area contributed by atoms with E-state index in [0.717, 1.165) is 24.2 Å². The smallest absolute Gasteiger partial charge is 0.384 e. The Morgan fingerprint density at radius 3 is 2.68 bits per heavy atom. The monoisotopic (exact) mass is 269 g/mol. The molecule has 6 heteroatoms. The average molecular weight is 269 g/mol. The van der Waals surface area contributed by atoms with Gasteiger partial charge in [0.05, 0.1) is 11.1 Å². The molecule has 2 aromatic rings. The molecule has 3 N–H and O–H groups in total. The third-order valence-electron chi connectivity index (χ3n) is 2.77. The maximum absolute atomic E-state index is 12.6. The standard InChI is InChI=1S/C13H14F3N3/c14-13(15,16)9-2-3-10-11(18-6-1-5-17)4-7-19-12(10)8-9/h2-4,7-8H,1,5-6,17H2,(H,18,19). The minimum absolute atomic E-state index is 0.326. The number of alkyl halides is 3. The highest BCUT2D eigenvalue weighted by Gasteiger charge is 2.30. The van der Waals surface area contributed by atoms with E-state index < -0.39 is 11.7 Å². The summed E-state index contributed by atoms with van der Waals surface area (Å²) >= 11 is 0. The van der Waals surface area contributed by atoms with Gasteiger partial charge < -0.3 is 11.1 Å². The first-order valence-electron chi connectivity index (χ1n) is 5.92. The molecule has 2 rings (SSSR count). The summed E-state index contributed by atoms with van der Waals surface area (Å²) in [5.74, 6) is 0. The lowest BCUT2D eigenvalue weighted by Gasteiger charge is -2.11. The van der Waals surface area contributed by atoms with Crippen molar-refractivity contribution in [3.05, 3.63) is 36.0 Å². The van der Waals surface area contributed by atoms with Gasteiger partial charge in [-0.3, -0.25) is 4.98 Å². The van der Waals surface area contributed by atoms with E-state index >= 15 is 0 Å². The molecule has 1 aromatic carbocycles. The van der Waals surface area contributed by atoms with Crippen LogP contribution in [0.15, 0.2) is 30.5 Å². The van der Waals surface area contributed by atoms with E-state index in [-0.39, 0.29) is 0 Å². The number of rotatable bonds is 4. The van der Waals surface area contributed by atoms with Gasteiger partial charge in [0, 0.05) is 23.8 Å². The molecule has 1 aromatic heterocycles. The molecule has 0 aliphatic carbocycles. The highest BCUT2D eigenvalue weighted by Crippen LogP contribution is 2.32. The van der Waals surface area contributed by atoms with Crippen LogP contribution in [0.4, 0.5) is 18.9 Å². The van der Waals surface area contributed by atoms with Crippen LogP contribution in [0.25, 0.3) is 10.9 Å². The number of benzene rings is 1. The molecule has 0 unspecified atom stereocenters. The molecule has 0 amide bonds. The van der Waals surface area contributed by atoms with Crippen molar-refractivity contribution in [2.75, 3.05) is 18.4 Å². The van der Waals surface area contributed by atoms with Crippen LogP contribution < -0.4 is 11.1 Å². The topological polar surface area (TPSA) is 50.9 Å². The van der Waals surface area contributed by atoms with Crippen LogP contribution in [-0.2, 0) is 6.18 Å². The molecule has 0 aliphatic rings. The highest BCUT2D eigenvalue weighted by molar-refractivity contribution is 5.91. The molecule has 3 nitrogen and oxygen atoms in total. The van der Waals surface area contributed by atoms with Crippen LogP contribution in [0, 0.1) is 0 Å². The minimum Gasteiger partial charge on any atom is -0.384 e. The summed E-state index contributed by atoms with van der Waals surface area (Å²) in [5, 5.41) is 3.82. The largest absolute Gasteiger partial charge is 0.416 e. The maximum Gasteiger partial charge on any atom is 0.416 e. The van der Waals surface area contributed by atoms with Gasteiger partial charge in [0.15, 0.2) is 0 Å². The quantitative estimate of drug-likeness (QED) is 0.839. The zero-order valence-corrected chi connectivity index (χ0v) is 10.2. The Labute approximate surface area is 108 Å². The SMILES string of the molecule is NCCCNc1ccnc2cc(C(F)(F)F)ccc12. The molecule has 0 fully saturated rings. The first kappa shape index (κ1) is 13.6. The number of nitrogens with two attached hydrogens (primary N) is 1. The summed E-state index contributed by atoms with van der Waals surface area (Å²) in [5.41, 5.74) is 5.80. The Balaban J connectivity index is 2.35. The number of hydrogen-bond donors (Lipinski definition) is 2. The zero-order chi connectivity index (χ0) is 13.9. The third-order valence-corrected chi connectivity index (χ3v) is 2.77. The van der Waals surface area contributed by atoms with E-state index in [1.165, 1.54) is 12.3 Å². The summed E-state index contributed by atoms with van der Waals surface area (Å²) in [7, 11) is 0. The van der Waals surface area contributed by atoms with E-state index in [2.05, 4.69) is 10.3 Å². The fraction of sp³-hybridized carbons (Fsp3) is 0.308. The van der Waals surface area contributed by atoms with Crippen molar-refractivity contribution in [2.45, 2.75) is 12.6 Å². The minimum atomic E-state index is -4.35. The lowest BCUT2D eigenvalue weighted by molar-refractivity contribution is -0.137. The number of nitrogens with one attached hydrogen (secondary N) is 1. The van der Waals surface area contributed by atoms with Crippen LogP contribution in [-0.4, -0.2) is 18.1 Å². The Kier molecular flexibility index (Phi) is 3.90. The summed E-state index contributed by atoms with van der Waals surface area (Å²) < 4.78 is 37.8. The first-order valence-corrected chi connectivity index (χ1v) is 5.92. The van der Waals surface area contributed by atoms with Crippen molar-refractivity contribution in [1.29, 1.82) is 0 Å². The third kappa shape index (κ3) is 3.14. The maximum atomic E-state index is 12.6. The Hall–Kier alpha value is -1.82. The molecule has 0 radical (unpaired) electrons. The summed E-state index contributed by atoms with van der Waals surface area (Å²) in [6.45, 7) is 1.24. The van der Waals surface area contributed by atoms with Crippen molar-refractivity contribution in [3.63, 3.8) is 0 Å². The predicted molar refractivity (Wildman–Crippen MR) is 68.9 cm³/mol. The molecular weight excluding hydrogens is 255 g/mol. The normalized spacial score (nSPS) is 11.8. The van der Waals surface area contributed by atoms with Crippen molar-refractivity contribution < 1.29 is 13.2 Å². The van der Waals surface area contributed by atoms with Crippen molar-refractivity contribution >= 4 is 16.6 Å². The van der Waals surface area contributed by atoms with E-state index in [0.29, 0.717) is 24.0 Å². The highest BCUT2D eigenvalue weighted by atomic mass is 19.4. The lowest BCUT2D eigenvalue weighted by atomic mass is 10.1. The molecule has 0 spiro atoms. The van der Waals surface area contributed by atoms with Gasteiger partial charge >= 0.3 is 6.18 Å². The van der Waals surface area contributed by atoms with Crippen molar-refractivity contribution in [1.82, 2.24) is 4.98 Å². The average Bonchev–Trinajstić information content (AvgIpc) is 2.37. The van der Waals surface area contributed by atoms with Crippen molar-refractivity contribution in [3.8, 4) is 0 Å². The molecular formula is C13H14F3N3. The number of pyridine rings is 1. The van der Waals surface area contributed by atoms with Gasteiger partial charge in [0.1, 0.15) is 0 Å². The van der Waals surface area contributed by atoms with Crippen LogP contribution in [0.3, 0.4) is 0 Å². The second-order valence-electron chi connectivity index (χ2n) is 4.16. The second-order valence-corrected chi connectivity index (χ2v) is 4.16. The molecule has 0 bridgehead atoms. The van der Waals surface area contributed by atoms with Crippen LogP contribution in [0.2, 0.25) is 0 Å². The van der Waals surface area contributed by atoms with Crippen molar-refractivity contribution in [2.24, 2.45) is 5.73 Å². The Morgan fingerprint density at radius 1 is 1.21 bits per heavy atom. The molecule has 0 saturated heterocycles. The van der Waals surface area contributed by atoms with E-state index in [9.17, 15) is 13.2 Å². The number of hydrogen-bond acceptors (Lipinski definition) is 3. The molecule has 0 atom stereocenters. The number of fused-ring (bicyclic) bond motifs is 1. The molecule has 0 saturated carbocycles. The fourth-order valence-corrected chi connectivity index (χ4v) is 1.80. The van der Waals surface area contributed by atoms with E-state index in [1.807, 2.05) is 0 Å². The summed E-state index contributed by atoms with van der Waals surface area (Å²) in [6.07, 6.45) is -2.06. The predicted octanol–water partition coefficient (Wildman–Crippen LogP) is 3.01. The molecule has 19 heavy (non-hydrogen) atoms. The van der Waals surface area contributed by atoms with Gasteiger partial charge in [-0.1, -0.05) is 6.07 Å². The van der Waals surface area contributed by atoms with Gasteiger partial charge in [-0.2, -0.15) is 13.2 Å². The summed E-state index contributed by atoms with van der Waals surface area (Å²) in [6, 6.07) is 5.31. The van der Waals surface area contributed by atoms with Gasteiger partial charge in [0.25, 0.3) is 0 Å².